The van der Waals surface area contributed by atoms with E-state index in [0.29, 0.717) is 6.54 Å². The van der Waals surface area contributed by atoms with Crippen molar-refractivity contribution in [3.05, 3.63) is 94.1 Å². The molecule has 3 aromatic rings. The molecule has 120 valence electrons. The van der Waals surface area contributed by atoms with Crippen molar-refractivity contribution in [3.63, 3.8) is 0 Å². The number of halogens is 1. The summed E-state index contributed by atoms with van der Waals surface area (Å²) < 4.78 is 1.04. The quantitative estimate of drug-likeness (QED) is 0.545. The molecule has 3 aromatic carbocycles. The zero-order valence-electron chi connectivity index (χ0n) is 13.0. The van der Waals surface area contributed by atoms with Crippen LogP contribution in [0.2, 0.25) is 0 Å². The van der Waals surface area contributed by atoms with Gasteiger partial charge in [0, 0.05) is 9.26 Å². The lowest BCUT2D eigenvalue weighted by atomic mass is 10.2. The Bertz CT molecular complexity index is 806. The van der Waals surface area contributed by atoms with E-state index in [1.807, 2.05) is 84.9 Å². The van der Waals surface area contributed by atoms with Crippen LogP contribution in [0.1, 0.15) is 5.56 Å². The summed E-state index contributed by atoms with van der Waals surface area (Å²) in [7, 11) is 0. The van der Waals surface area contributed by atoms with Gasteiger partial charge in [-0.2, -0.15) is 0 Å². The molecular weight excluding hydrogens is 411 g/mol. The van der Waals surface area contributed by atoms with Crippen molar-refractivity contribution in [2.24, 2.45) is 0 Å². The van der Waals surface area contributed by atoms with E-state index in [0.717, 1.165) is 20.5 Å². The number of anilines is 2. The standard InChI is InChI=1S/C20H17IN2O/c21-18-13-7-8-14-19(18)23(15-16-9-3-1-4-10-16)20(24)22-17-11-5-2-6-12-17/h1-14H,15H2,(H,22,24). The second-order valence-corrected chi connectivity index (χ2v) is 6.48. The van der Waals surface area contributed by atoms with Gasteiger partial charge in [0.2, 0.25) is 0 Å². The van der Waals surface area contributed by atoms with E-state index in [1.54, 1.807) is 4.90 Å². The summed E-state index contributed by atoms with van der Waals surface area (Å²) in [4.78, 5) is 14.6. The lowest BCUT2D eigenvalue weighted by Gasteiger charge is -2.24. The number of nitrogens with zero attached hydrogens (tertiary/aromatic N) is 1. The van der Waals surface area contributed by atoms with Crippen LogP contribution in [0.3, 0.4) is 0 Å². The number of hydrogen-bond donors (Lipinski definition) is 1. The van der Waals surface area contributed by atoms with Crippen LogP contribution in [-0.2, 0) is 6.54 Å². The third-order valence-electron chi connectivity index (χ3n) is 3.60. The van der Waals surface area contributed by atoms with Gasteiger partial charge in [0.05, 0.1) is 12.2 Å². The number of para-hydroxylation sites is 2. The molecular formula is C20H17IN2O. The SMILES string of the molecule is O=C(Nc1ccccc1)N(Cc1ccccc1)c1ccccc1I. The maximum atomic E-state index is 12.9. The summed E-state index contributed by atoms with van der Waals surface area (Å²) in [5, 5.41) is 2.97. The molecule has 0 unspecified atom stereocenters. The van der Waals surface area contributed by atoms with Crippen molar-refractivity contribution >= 4 is 40.0 Å². The number of hydrogen-bond acceptors (Lipinski definition) is 1. The van der Waals surface area contributed by atoms with Crippen molar-refractivity contribution in [3.8, 4) is 0 Å². The second kappa shape index (κ2) is 7.97. The van der Waals surface area contributed by atoms with Gasteiger partial charge in [-0.05, 0) is 52.4 Å². The van der Waals surface area contributed by atoms with E-state index in [-0.39, 0.29) is 6.03 Å². The number of benzene rings is 3. The van der Waals surface area contributed by atoms with E-state index >= 15 is 0 Å². The van der Waals surface area contributed by atoms with Crippen LogP contribution in [0.15, 0.2) is 84.9 Å². The summed E-state index contributed by atoms with van der Waals surface area (Å²) >= 11 is 2.26. The van der Waals surface area contributed by atoms with Crippen molar-refractivity contribution in [2.45, 2.75) is 6.54 Å². The first-order valence-corrected chi connectivity index (χ1v) is 8.74. The van der Waals surface area contributed by atoms with Gasteiger partial charge in [-0.1, -0.05) is 60.7 Å². The van der Waals surface area contributed by atoms with E-state index in [9.17, 15) is 4.79 Å². The zero-order chi connectivity index (χ0) is 16.8. The molecule has 3 rings (SSSR count). The molecule has 0 radical (unpaired) electrons. The fraction of sp³-hybridized carbons (Fsp3) is 0.0500. The fourth-order valence-corrected chi connectivity index (χ4v) is 3.09. The average molecular weight is 428 g/mol. The zero-order valence-corrected chi connectivity index (χ0v) is 15.2. The number of urea groups is 1. The normalized spacial score (nSPS) is 10.2. The van der Waals surface area contributed by atoms with Gasteiger partial charge in [0.25, 0.3) is 0 Å². The van der Waals surface area contributed by atoms with Crippen LogP contribution in [0.25, 0.3) is 0 Å². The Morgan fingerprint density at radius 3 is 2.08 bits per heavy atom. The molecule has 0 spiro atoms. The van der Waals surface area contributed by atoms with Crippen molar-refractivity contribution < 1.29 is 4.79 Å². The molecule has 3 nitrogen and oxygen atoms in total. The Morgan fingerprint density at radius 1 is 0.833 bits per heavy atom. The monoisotopic (exact) mass is 428 g/mol. The molecule has 0 heterocycles. The summed E-state index contributed by atoms with van der Waals surface area (Å²) in [6.07, 6.45) is 0. The van der Waals surface area contributed by atoms with Crippen molar-refractivity contribution in [1.82, 2.24) is 0 Å². The Hall–Kier alpha value is -2.34. The first-order chi connectivity index (χ1) is 11.7. The Balaban J connectivity index is 1.89. The van der Waals surface area contributed by atoms with Crippen molar-refractivity contribution in [1.29, 1.82) is 0 Å². The van der Waals surface area contributed by atoms with Gasteiger partial charge in [-0.15, -0.1) is 0 Å². The van der Waals surface area contributed by atoms with Crippen molar-refractivity contribution in [2.75, 3.05) is 10.2 Å². The number of carbonyl (C=O) groups excluding carboxylic acids is 1. The first kappa shape index (κ1) is 16.5. The second-order valence-electron chi connectivity index (χ2n) is 5.32. The highest BCUT2D eigenvalue weighted by Crippen LogP contribution is 2.25. The minimum Gasteiger partial charge on any atom is -0.308 e. The highest BCUT2D eigenvalue weighted by Gasteiger charge is 2.18. The number of rotatable bonds is 4. The highest BCUT2D eigenvalue weighted by atomic mass is 127. The molecule has 24 heavy (non-hydrogen) atoms. The molecule has 0 fully saturated rings. The predicted molar refractivity (Wildman–Crippen MR) is 107 cm³/mol. The molecule has 4 heteroatoms. The lowest BCUT2D eigenvalue weighted by molar-refractivity contribution is 0.256. The summed E-state index contributed by atoms with van der Waals surface area (Å²) in [5.74, 6) is 0. The molecule has 0 atom stereocenters. The number of carbonyl (C=O) groups is 1. The number of amides is 2. The van der Waals surface area contributed by atoms with Crippen LogP contribution in [0.4, 0.5) is 16.2 Å². The van der Waals surface area contributed by atoms with E-state index in [4.69, 9.17) is 0 Å². The fourth-order valence-electron chi connectivity index (χ4n) is 2.42. The van der Waals surface area contributed by atoms with Crippen LogP contribution in [-0.4, -0.2) is 6.03 Å². The summed E-state index contributed by atoms with van der Waals surface area (Å²) in [6.45, 7) is 0.513. The molecule has 0 aromatic heterocycles. The van der Waals surface area contributed by atoms with Crippen LogP contribution < -0.4 is 10.2 Å². The average Bonchev–Trinajstić information content (AvgIpc) is 2.62. The Labute approximate surface area is 155 Å². The van der Waals surface area contributed by atoms with Gasteiger partial charge in [0.15, 0.2) is 0 Å². The maximum Gasteiger partial charge on any atom is 0.326 e. The summed E-state index contributed by atoms with van der Waals surface area (Å²) in [5.41, 5.74) is 2.77. The van der Waals surface area contributed by atoms with Crippen LogP contribution in [0, 0.1) is 3.57 Å². The molecule has 0 aliphatic carbocycles. The lowest BCUT2D eigenvalue weighted by Crippen LogP contribution is -2.35. The highest BCUT2D eigenvalue weighted by molar-refractivity contribution is 14.1. The predicted octanol–water partition coefficient (Wildman–Crippen LogP) is 5.53. The van der Waals surface area contributed by atoms with Crippen LogP contribution in [0.5, 0.6) is 0 Å². The van der Waals surface area contributed by atoms with Gasteiger partial charge >= 0.3 is 6.03 Å². The largest absolute Gasteiger partial charge is 0.326 e. The minimum atomic E-state index is -0.144. The van der Waals surface area contributed by atoms with E-state index < -0.39 is 0 Å². The molecule has 2 amide bonds. The maximum absolute atomic E-state index is 12.9. The Kier molecular flexibility index (Phi) is 5.48. The molecule has 0 aliphatic heterocycles. The summed E-state index contributed by atoms with van der Waals surface area (Å²) in [6, 6.07) is 27.3. The third kappa shape index (κ3) is 4.14. The Morgan fingerprint density at radius 2 is 1.42 bits per heavy atom. The molecule has 0 bridgehead atoms. The van der Waals surface area contributed by atoms with E-state index in [1.165, 1.54) is 0 Å². The minimum absolute atomic E-state index is 0.144. The van der Waals surface area contributed by atoms with Gasteiger partial charge in [0.1, 0.15) is 0 Å². The first-order valence-electron chi connectivity index (χ1n) is 7.66. The molecule has 0 saturated heterocycles. The molecule has 1 N–H and O–H groups in total. The van der Waals surface area contributed by atoms with Crippen LogP contribution >= 0.6 is 22.6 Å². The van der Waals surface area contributed by atoms with Gasteiger partial charge < -0.3 is 5.32 Å². The van der Waals surface area contributed by atoms with Gasteiger partial charge in [-0.3, -0.25) is 4.90 Å². The smallest absolute Gasteiger partial charge is 0.308 e. The third-order valence-corrected chi connectivity index (χ3v) is 4.51. The van der Waals surface area contributed by atoms with E-state index in [2.05, 4.69) is 27.9 Å². The molecule has 0 aliphatic rings. The van der Waals surface area contributed by atoms with Gasteiger partial charge in [-0.25, -0.2) is 4.79 Å². The molecule has 0 saturated carbocycles. The topological polar surface area (TPSA) is 32.3 Å². The number of nitrogens with one attached hydrogen (secondary N) is 1.